The van der Waals surface area contributed by atoms with Gasteiger partial charge in [-0.1, -0.05) is 19.1 Å². The summed E-state index contributed by atoms with van der Waals surface area (Å²) < 4.78 is -0.0143. The van der Waals surface area contributed by atoms with Crippen molar-refractivity contribution in [3.63, 3.8) is 0 Å². The molecule has 0 aliphatic carbocycles. The van der Waals surface area contributed by atoms with E-state index in [9.17, 15) is 4.79 Å². The van der Waals surface area contributed by atoms with E-state index in [-0.39, 0.29) is 5.43 Å². The van der Waals surface area contributed by atoms with Crippen LogP contribution in [0.3, 0.4) is 0 Å². The molecule has 0 bridgehead atoms. The molecule has 0 fully saturated rings. The Labute approximate surface area is 113 Å². The van der Waals surface area contributed by atoms with E-state index in [1.807, 2.05) is 13.8 Å². The SMILES string of the molecule is CCN(C)CCNc1c(C(C)(C)S)c(=O)c1=S. The molecule has 96 valence electrons. The molecule has 0 spiro atoms. The molecule has 0 amide bonds. The van der Waals surface area contributed by atoms with Crippen molar-refractivity contribution in [2.24, 2.45) is 0 Å². The molecule has 5 heteroatoms. The van der Waals surface area contributed by atoms with Gasteiger partial charge in [0, 0.05) is 23.4 Å². The highest BCUT2D eigenvalue weighted by Crippen LogP contribution is 2.33. The zero-order valence-corrected chi connectivity index (χ0v) is 12.5. The molecule has 1 N–H and O–H groups in total. The Bertz CT molecular complexity index is 456. The summed E-state index contributed by atoms with van der Waals surface area (Å²) in [5, 5.41) is 3.25. The molecular formula is C12H20N2OS2. The fourth-order valence-corrected chi connectivity index (χ4v) is 2.16. The number of thiol groups is 1. The van der Waals surface area contributed by atoms with Crippen LogP contribution in [0.1, 0.15) is 26.3 Å². The van der Waals surface area contributed by atoms with E-state index >= 15 is 0 Å². The summed E-state index contributed by atoms with van der Waals surface area (Å²) in [6, 6.07) is 0. The first kappa shape index (κ1) is 14.7. The molecule has 0 aliphatic heterocycles. The van der Waals surface area contributed by atoms with Crippen LogP contribution in [-0.2, 0) is 4.75 Å². The van der Waals surface area contributed by atoms with Gasteiger partial charge in [-0.3, -0.25) is 4.79 Å². The monoisotopic (exact) mass is 272 g/mol. The quantitative estimate of drug-likeness (QED) is 0.614. The number of anilines is 1. The van der Waals surface area contributed by atoms with Gasteiger partial charge in [-0.15, -0.1) is 0 Å². The van der Waals surface area contributed by atoms with Gasteiger partial charge in [0.1, 0.15) is 4.51 Å². The topological polar surface area (TPSA) is 32.3 Å². The lowest BCUT2D eigenvalue weighted by Gasteiger charge is -2.25. The third-order valence-electron chi connectivity index (χ3n) is 2.86. The van der Waals surface area contributed by atoms with E-state index < -0.39 is 4.75 Å². The third-order valence-corrected chi connectivity index (χ3v) is 3.47. The van der Waals surface area contributed by atoms with Gasteiger partial charge in [-0.2, -0.15) is 12.6 Å². The molecule has 17 heavy (non-hydrogen) atoms. The molecule has 0 radical (unpaired) electrons. The lowest BCUT2D eigenvalue weighted by atomic mass is 9.95. The average Bonchev–Trinajstić information content (AvgIpc) is 2.24. The Morgan fingerprint density at radius 2 is 2.06 bits per heavy atom. The van der Waals surface area contributed by atoms with E-state index in [1.165, 1.54) is 0 Å². The Hall–Kier alpha value is -0.390. The summed E-state index contributed by atoms with van der Waals surface area (Å²) in [6.07, 6.45) is 0. The lowest BCUT2D eigenvalue weighted by molar-refractivity contribution is 0.367. The molecule has 0 aliphatic rings. The fraction of sp³-hybridized carbons (Fsp3) is 0.667. The van der Waals surface area contributed by atoms with Gasteiger partial charge in [0.25, 0.3) is 0 Å². The normalized spacial score (nSPS) is 12.4. The van der Waals surface area contributed by atoms with Crippen molar-refractivity contribution in [3.05, 3.63) is 20.3 Å². The largest absolute Gasteiger partial charge is 0.382 e. The molecular weight excluding hydrogens is 252 g/mol. The van der Waals surface area contributed by atoms with Crippen LogP contribution in [0.4, 0.5) is 5.69 Å². The molecule has 0 saturated heterocycles. The predicted molar refractivity (Wildman–Crippen MR) is 79.6 cm³/mol. The smallest absolute Gasteiger partial charge is 0.205 e. The molecule has 0 unspecified atom stereocenters. The zero-order chi connectivity index (χ0) is 13.2. The van der Waals surface area contributed by atoms with Crippen molar-refractivity contribution in [2.45, 2.75) is 25.5 Å². The van der Waals surface area contributed by atoms with Crippen molar-refractivity contribution in [1.82, 2.24) is 4.90 Å². The van der Waals surface area contributed by atoms with Crippen LogP contribution in [-0.4, -0.2) is 31.6 Å². The van der Waals surface area contributed by atoms with Gasteiger partial charge in [-0.25, -0.2) is 0 Å². The van der Waals surface area contributed by atoms with E-state index in [0.717, 1.165) is 25.3 Å². The molecule has 3 nitrogen and oxygen atoms in total. The summed E-state index contributed by atoms with van der Waals surface area (Å²) in [6.45, 7) is 8.65. The second-order valence-corrected chi connectivity index (χ2v) is 6.32. The average molecular weight is 272 g/mol. The fourth-order valence-electron chi connectivity index (χ4n) is 1.67. The molecule has 0 atom stereocenters. The highest BCUT2D eigenvalue weighted by atomic mass is 32.1. The number of hydrogen-bond acceptors (Lipinski definition) is 5. The van der Waals surface area contributed by atoms with Gasteiger partial charge in [0.2, 0.25) is 5.43 Å². The van der Waals surface area contributed by atoms with Gasteiger partial charge < -0.3 is 10.2 Å². The van der Waals surface area contributed by atoms with Crippen LogP contribution in [0.5, 0.6) is 0 Å². The van der Waals surface area contributed by atoms with Crippen molar-refractivity contribution >= 4 is 30.5 Å². The van der Waals surface area contributed by atoms with Crippen molar-refractivity contribution in [3.8, 4) is 0 Å². The summed E-state index contributed by atoms with van der Waals surface area (Å²) in [7, 11) is 2.06. The minimum atomic E-state index is -0.432. The molecule has 1 aromatic rings. The van der Waals surface area contributed by atoms with E-state index in [2.05, 4.69) is 36.8 Å². The van der Waals surface area contributed by atoms with Gasteiger partial charge in [0.15, 0.2) is 0 Å². The minimum absolute atomic E-state index is 0.0358. The molecule has 0 aromatic heterocycles. The summed E-state index contributed by atoms with van der Waals surface area (Å²) in [4.78, 5) is 13.9. The Morgan fingerprint density at radius 1 is 1.47 bits per heavy atom. The number of nitrogens with zero attached hydrogens (tertiary/aromatic N) is 1. The van der Waals surface area contributed by atoms with Gasteiger partial charge in [-0.05, 0) is 27.4 Å². The molecule has 1 rings (SSSR count). The summed E-state index contributed by atoms with van der Waals surface area (Å²) in [5.41, 5.74) is 1.49. The Morgan fingerprint density at radius 3 is 2.53 bits per heavy atom. The first-order valence-electron chi connectivity index (χ1n) is 5.77. The van der Waals surface area contributed by atoms with Crippen molar-refractivity contribution < 1.29 is 0 Å². The minimum Gasteiger partial charge on any atom is -0.382 e. The van der Waals surface area contributed by atoms with Crippen LogP contribution < -0.4 is 10.7 Å². The summed E-state index contributed by atoms with van der Waals surface area (Å²) in [5.74, 6) is 0. The maximum Gasteiger partial charge on any atom is 0.205 e. The molecule has 0 heterocycles. The van der Waals surface area contributed by atoms with Crippen LogP contribution in [0, 0.1) is 4.51 Å². The second-order valence-electron chi connectivity index (χ2n) is 4.79. The summed E-state index contributed by atoms with van der Waals surface area (Å²) >= 11 is 9.50. The Kier molecular flexibility index (Phi) is 4.75. The first-order valence-corrected chi connectivity index (χ1v) is 6.63. The Balaban J connectivity index is 2.71. The number of nitrogens with one attached hydrogen (secondary N) is 1. The van der Waals surface area contributed by atoms with Crippen LogP contribution in [0.15, 0.2) is 4.79 Å². The van der Waals surface area contributed by atoms with Crippen LogP contribution in [0.2, 0.25) is 0 Å². The molecule has 1 aromatic carbocycles. The van der Waals surface area contributed by atoms with Crippen molar-refractivity contribution in [1.29, 1.82) is 0 Å². The number of rotatable bonds is 6. The number of likely N-dealkylation sites (N-methyl/N-ethyl adjacent to an activating group) is 1. The highest BCUT2D eigenvalue weighted by molar-refractivity contribution is 7.81. The molecule has 0 saturated carbocycles. The standard InChI is InChI=1S/C12H20N2OS2/c1-5-14(4)7-6-13-9-8(12(2,3)17)10(15)11(9)16/h13,17H,5-7H2,1-4H3. The van der Waals surface area contributed by atoms with E-state index in [4.69, 9.17) is 12.2 Å². The predicted octanol–water partition coefficient (Wildman–Crippen LogP) is 2.18. The lowest BCUT2D eigenvalue weighted by Crippen LogP contribution is -2.32. The van der Waals surface area contributed by atoms with Crippen LogP contribution >= 0.6 is 24.8 Å². The number of hydrogen-bond donors (Lipinski definition) is 2. The van der Waals surface area contributed by atoms with Crippen LogP contribution in [0.25, 0.3) is 0 Å². The maximum absolute atomic E-state index is 11.7. The second kappa shape index (κ2) is 5.50. The van der Waals surface area contributed by atoms with E-state index in [1.54, 1.807) is 0 Å². The highest BCUT2D eigenvalue weighted by Gasteiger charge is 2.28. The van der Waals surface area contributed by atoms with Gasteiger partial charge >= 0.3 is 0 Å². The van der Waals surface area contributed by atoms with Gasteiger partial charge in [0.05, 0.1) is 5.69 Å². The zero-order valence-electron chi connectivity index (χ0n) is 10.8. The van der Waals surface area contributed by atoms with Crippen molar-refractivity contribution in [2.75, 3.05) is 32.0 Å². The third kappa shape index (κ3) is 3.30. The van der Waals surface area contributed by atoms with E-state index in [0.29, 0.717) is 10.1 Å². The maximum atomic E-state index is 11.7. The first-order chi connectivity index (χ1) is 7.79.